The van der Waals surface area contributed by atoms with Crippen molar-refractivity contribution in [2.45, 2.75) is 6.92 Å². The molecule has 11 heavy (non-hydrogen) atoms. The quantitative estimate of drug-likeness (QED) is 0.345. The Balaban J connectivity index is 3.45. The molecule has 0 saturated heterocycles. The second-order valence-electron chi connectivity index (χ2n) is 1.94. The van der Waals surface area contributed by atoms with E-state index < -0.39 is 5.97 Å². The molecule has 0 bridgehead atoms. The van der Waals surface area contributed by atoms with E-state index in [1.807, 2.05) is 0 Å². The highest BCUT2D eigenvalue weighted by Crippen LogP contribution is 1.84. The number of hydrogen-bond donors (Lipinski definition) is 2. The van der Waals surface area contributed by atoms with Crippen molar-refractivity contribution in [1.82, 2.24) is 5.32 Å². The van der Waals surface area contributed by atoms with Crippen LogP contribution in [0.3, 0.4) is 0 Å². The summed E-state index contributed by atoms with van der Waals surface area (Å²) < 4.78 is 0. The minimum atomic E-state index is -0.970. The molecule has 0 radical (unpaired) electrons. The lowest BCUT2D eigenvalue weighted by Crippen LogP contribution is -2.20. The molecule has 0 saturated carbocycles. The summed E-state index contributed by atoms with van der Waals surface area (Å²) >= 11 is 0. The first-order valence-corrected chi connectivity index (χ1v) is 3.20. The van der Waals surface area contributed by atoms with Crippen molar-refractivity contribution in [3.05, 3.63) is 12.2 Å². The summed E-state index contributed by atoms with van der Waals surface area (Å²) in [6.45, 7) is 5.86. The van der Waals surface area contributed by atoms with Gasteiger partial charge in [0, 0.05) is 12.1 Å². The van der Waals surface area contributed by atoms with Gasteiger partial charge in [-0.2, -0.15) is 0 Å². The topological polar surface area (TPSA) is 49.3 Å². The van der Waals surface area contributed by atoms with Crippen LogP contribution < -0.4 is 5.32 Å². The molecule has 3 nitrogen and oxygen atoms in total. The van der Waals surface area contributed by atoms with E-state index in [9.17, 15) is 4.79 Å². The highest BCUT2D eigenvalue weighted by Gasteiger charge is 2.00. The van der Waals surface area contributed by atoms with Crippen LogP contribution >= 0.6 is 0 Å². The lowest BCUT2D eigenvalue weighted by molar-refractivity contribution is -0.132. The van der Waals surface area contributed by atoms with Gasteiger partial charge in [-0.3, -0.25) is 0 Å². The third-order valence-electron chi connectivity index (χ3n) is 1.03. The fraction of sp³-hybridized carbons (Fsp3) is 0.375. The van der Waals surface area contributed by atoms with Crippen molar-refractivity contribution >= 4 is 5.97 Å². The molecule has 0 aromatic heterocycles. The third-order valence-corrected chi connectivity index (χ3v) is 1.03. The summed E-state index contributed by atoms with van der Waals surface area (Å²) in [6, 6.07) is 0. The molecule has 0 fully saturated rings. The van der Waals surface area contributed by atoms with Gasteiger partial charge in [0.05, 0.1) is 6.54 Å². The summed E-state index contributed by atoms with van der Waals surface area (Å²) in [5, 5.41) is 11.2. The maximum absolute atomic E-state index is 10.2. The molecule has 0 aliphatic heterocycles. The van der Waals surface area contributed by atoms with Gasteiger partial charge in [-0.25, -0.2) is 4.79 Å². The zero-order valence-corrected chi connectivity index (χ0v) is 6.48. The molecule has 0 aliphatic rings. The highest BCUT2D eigenvalue weighted by molar-refractivity contribution is 5.86. The SMILES string of the molecule is C=C(CNCC#CC)C(=O)O. The maximum atomic E-state index is 10.2. The summed E-state index contributed by atoms with van der Waals surface area (Å²) in [7, 11) is 0. The molecule has 0 aliphatic carbocycles. The Hall–Kier alpha value is -1.27. The monoisotopic (exact) mass is 153 g/mol. The van der Waals surface area contributed by atoms with Gasteiger partial charge in [0.25, 0.3) is 0 Å². The molecule has 0 spiro atoms. The average molecular weight is 153 g/mol. The number of carboxylic acid groups (broad SMARTS) is 1. The molecular weight excluding hydrogens is 142 g/mol. The molecule has 0 unspecified atom stereocenters. The molecule has 0 amide bonds. The standard InChI is InChI=1S/C8H11NO2/c1-3-4-5-9-6-7(2)8(10)11/h9H,2,5-6H2,1H3,(H,10,11). The van der Waals surface area contributed by atoms with Gasteiger partial charge in [0.1, 0.15) is 0 Å². The van der Waals surface area contributed by atoms with Gasteiger partial charge in [0.15, 0.2) is 0 Å². The van der Waals surface area contributed by atoms with Crippen LogP contribution in [0.15, 0.2) is 12.2 Å². The molecule has 2 N–H and O–H groups in total. The Labute approximate surface area is 66.1 Å². The van der Waals surface area contributed by atoms with E-state index in [2.05, 4.69) is 23.7 Å². The lowest BCUT2D eigenvalue weighted by Gasteiger charge is -1.98. The molecule has 0 aromatic carbocycles. The molecule has 0 atom stereocenters. The normalized spacial score (nSPS) is 8.09. The van der Waals surface area contributed by atoms with Gasteiger partial charge in [-0.05, 0) is 6.92 Å². The van der Waals surface area contributed by atoms with Gasteiger partial charge in [0.2, 0.25) is 0 Å². The molecule has 3 heteroatoms. The second-order valence-corrected chi connectivity index (χ2v) is 1.94. The second kappa shape index (κ2) is 5.51. The van der Waals surface area contributed by atoms with Crippen LogP contribution in [-0.4, -0.2) is 24.2 Å². The first-order valence-electron chi connectivity index (χ1n) is 3.20. The summed E-state index contributed by atoms with van der Waals surface area (Å²) in [5.41, 5.74) is 0.155. The first kappa shape index (κ1) is 9.73. The van der Waals surface area contributed by atoms with E-state index in [1.165, 1.54) is 0 Å². The lowest BCUT2D eigenvalue weighted by atomic mass is 10.3. The van der Waals surface area contributed by atoms with Crippen LogP contribution in [0, 0.1) is 11.8 Å². The fourth-order valence-corrected chi connectivity index (χ4v) is 0.440. The molecular formula is C8H11NO2. The van der Waals surface area contributed by atoms with Crippen LogP contribution in [0.4, 0.5) is 0 Å². The minimum Gasteiger partial charge on any atom is -0.478 e. The van der Waals surface area contributed by atoms with Crippen molar-refractivity contribution < 1.29 is 9.90 Å². The Morgan fingerprint density at radius 3 is 2.82 bits per heavy atom. The number of aliphatic carboxylic acids is 1. The number of hydrogen-bond acceptors (Lipinski definition) is 2. The van der Waals surface area contributed by atoms with Gasteiger partial charge in [-0.1, -0.05) is 12.5 Å². The largest absolute Gasteiger partial charge is 0.478 e. The third kappa shape index (κ3) is 5.19. The van der Waals surface area contributed by atoms with Crippen molar-refractivity contribution in [2.75, 3.05) is 13.1 Å². The smallest absolute Gasteiger partial charge is 0.332 e. The maximum Gasteiger partial charge on any atom is 0.332 e. The van der Waals surface area contributed by atoms with Crippen LogP contribution in [0.1, 0.15) is 6.92 Å². The molecule has 60 valence electrons. The van der Waals surface area contributed by atoms with E-state index in [0.29, 0.717) is 6.54 Å². The van der Waals surface area contributed by atoms with Crippen molar-refractivity contribution in [1.29, 1.82) is 0 Å². The van der Waals surface area contributed by atoms with E-state index >= 15 is 0 Å². The van der Waals surface area contributed by atoms with Crippen molar-refractivity contribution in [2.24, 2.45) is 0 Å². The van der Waals surface area contributed by atoms with Gasteiger partial charge < -0.3 is 10.4 Å². The zero-order valence-electron chi connectivity index (χ0n) is 6.48. The zero-order chi connectivity index (χ0) is 8.69. The van der Waals surface area contributed by atoms with Crippen LogP contribution in [0.25, 0.3) is 0 Å². The predicted molar refractivity (Wildman–Crippen MR) is 43.1 cm³/mol. The van der Waals surface area contributed by atoms with Gasteiger partial charge in [-0.15, -0.1) is 5.92 Å². The van der Waals surface area contributed by atoms with Crippen molar-refractivity contribution in [3.63, 3.8) is 0 Å². The number of carbonyl (C=O) groups is 1. The highest BCUT2D eigenvalue weighted by atomic mass is 16.4. The number of carboxylic acids is 1. The fourth-order valence-electron chi connectivity index (χ4n) is 0.440. The Morgan fingerprint density at radius 1 is 1.73 bits per heavy atom. The number of rotatable bonds is 4. The van der Waals surface area contributed by atoms with Gasteiger partial charge >= 0.3 is 5.97 Å². The summed E-state index contributed by atoms with van der Waals surface area (Å²) in [6.07, 6.45) is 0. The number of nitrogens with one attached hydrogen (secondary N) is 1. The average Bonchev–Trinajstić information content (AvgIpc) is 1.97. The van der Waals surface area contributed by atoms with E-state index in [-0.39, 0.29) is 12.1 Å². The van der Waals surface area contributed by atoms with Crippen LogP contribution in [0.2, 0.25) is 0 Å². The van der Waals surface area contributed by atoms with E-state index in [1.54, 1.807) is 6.92 Å². The van der Waals surface area contributed by atoms with Crippen LogP contribution in [0.5, 0.6) is 0 Å². The predicted octanol–water partition coefficient (Wildman–Crippen LogP) is 0.240. The Kier molecular flexibility index (Phi) is 4.87. The van der Waals surface area contributed by atoms with E-state index in [4.69, 9.17) is 5.11 Å². The minimum absolute atomic E-state index is 0.155. The van der Waals surface area contributed by atoms with Crippen LogP contribution in [-0.2, 0) is 4.79 Å². The molecule has 0 rings (SSSR count). The summed E-state index contributed by atoms with van der Waals surface area (Å²) in [4.78, 5) is 10.2. The summed E-state index contributed by atoms with van der Waals surface area (Å²) in [5.74, 6) is 4.46. The van der Waals surface area contributed by atoms with Crippen molar-refractivity contribution in [3.8, 4) is 11.8 Å². The first-order chi connectivity index (χ1) is 5.18. The molecule has 0 heterocycles. The molecule has 0 aromatic rings. The Morgan fingerprint density at radius 2 is 2.36 bits per heavy atom. The Bertz CT molecular complexity index is 210. The van der Waals surface area contributed by atoms with E-state index in [0.717, 1.165) is 0 Å².